The quantitative estimate of drug-likeness (QED) is 0.850. The molecule has 1 N–H and O–H groups in total. The molecular weight excluding hydrogens is 268 g/mol. The van der Waals surface area contributed by atoms with Crippen LogP contribution in [0.5, 0.6) is 11.5 Å². The molecule has 4 heteroatoms. The molecule has 0 aliphatic carbocycles. The average molecular weight is 286 g/mol. The van der Waals surface area contributed by atoms with E-state index in [0.717, 1.165) is 23.3 Å². The Bertz CT molecular complexity index is 590. The van der Waals surface area contributed by atoms with Gasteiger partial charge in [-0.1, -0.05) is 24.3 Å². The lowest BCUT2D eigenvalue weighted by Crippen LogP contribution is -2.03. The first-order valence-corrected chi connectivity index (χ1v) is 6.74. The lowest BCUT2D eigenvalue weighted by molar-refractivity contribution is -0.136. The number of carboxylic acids is 1. The minimum Gasteiger partial charge on any atom is -0.497 e. The van der Waals surface area contributed by atoms with E-state index in [2.05, 4.69) is 0 Å². The second kappa shape index (κ2) is 7.33. The van der Waals surface area contributed by atoms with Gasteiger partial charge in [0, 0.05) is 6.42 Å². The second-order valence-electron chi connectivity index (χ2n) is 4.66. The number of rotatable bonds is 7. The highest BCUT2D eigenvalue weighted by Crippen LogP contribution is 2.15. The number of aliphatic carboxylic acids is 1. The maximum Gasteiger partial charge on any atom is 0.307 e. The Morgan fingerprint density at radius 1 is 1.05 bits per heavy atom. The van der Waals surface area contributed by atoms with Gasteiger partial charge in [-0.25, -0.2) is 0 Å². The van der Waals surface area contributed by atoms with Gasteiger partial charge >= 0.3 is 5.97 Å². The molecule has 0 aliphatic rings. The van der Waals surface area contributed by atoms with E-state index < -0.39 is 5.97 Å². The molecule has 110 valence electrons. The molecule has 2 aromatic carbocycles. The molecule has 0 aromatic heterocycles. The molecule has 0 aliphatic heterocycles. The lowest BCUT2D eigenvalue weighted by atomic mass is 10.1. The zero-order valence-electron chi connectivity index (χ0n) is 11.9. The molecule has 0 atom stereocenters. The molecule has 4 nitrogen and oxygen atoms in total. The average Bonchev–Trinajstić information content (AvgIpc) is 2.48. The van der Waals surface area contributed by atoms with E-state index in [0.29, 0.717) is 12.4 Å². The number of benzene rings is 2. The van der Waals surface area contributed by atoms with Crippen LogP contribution in [0.3, 0.4) is 0 Å². The van der Waals surface area contributed by atoms with E-state index in [1.54, 1.807) is 25.3 Å². The minimum atomic E-state index is -0.842. The van der Waals surface area contributed by atoms with Crippen molar-refractivity contribution in [2.45, 2.75) is 12.8 Å². The minimum absolute atomic E-state index is 0.00960. The van der Waals surface area contributed by atoms with E-state index >= 15 is 0 Å². The summed E-state index contributed by atoms with van der Waals surface area (Å²) in [5, 5.41) is 8.77. The molecule has 0 fully saturated rings. The third-order valence-corrected chi connectivity index (χ3v) is 3.07. The van der Waals surface area contributed by atoms with Gasteiger partial charge < -0.3 is 14.6 Å². The van der Waals surface area contributed by atoms with Crippen molar-refractivity contribution in [2.24, 2.45) is 0 Å². The van der Waals surface area contributed by atoms with Gasteiger partial charge in [0.1, 0.15) is 11.5 Å². The fourth-order valence-corrected chi connectivity index (χ4v) is 2.00. The molecule has 0 spiro atoms. The summed E-state index contributed by atoms with van der Waals surface area (Å²) in [6, 6.07) is 15.0. The van der Waals surface area contributed by atoms with Crippen LogP contribution >= 0.6 is 0 Å². The molecule has 0 unspecified atom stereocenters. The molecule has 0 heterocycles. The Labute approximate surface area is 123 Å². The summed E-state index contributed by atoms with van der Waals surface area (Å²) in [7, 11) is 1.64. The Kier molecular flexibility index (Phi) is 5.21. The van der Waals surface area contributed by atoms with E-state index in [9.17, 15) is 4.79 Å². The Morgan fingerprint density at radius 3 is 2.48 bits per heavy atom. The van der Waals surface area contributed by atoms with Gasteiger partial charge in [0.15, 0.2) is 0 Å². The predicted octanol–water partition coefficient (Wildman–Crippen LogP) is 2.94. The van der Waals surface area contributed by atoms with E-state index in [4.69, 9.17) is 14.6 Å². The largest absolute Gasteiger partial charge is 0.497 e. The zero-order valence-corrected chi connectivity index (χ0v) is 11.9. The predicted molar refractivity (Wildman–Crippen MR) is 80.0 cm³/mol. The Hall–Kier alpha value is -2.49. The summed E-state index contributed by atoms with van der Waals surface area (Å²) in [6.45, 7) is 0.544. The van der Waals surface area contributed by atoms with Gasteiger partial charge in [0.25, 0.3) is 0 Å². The van der Waals surface area contributed by atoms with Crippen molar-refractivity contribution in [1.29, 1.82) is 0 Å². The molecule has 0 saturated carbocycles. The lowest BCUT2D eigenvalue weighted by Gasteiger charge is -2.08. The molecule has 0 saturated heterocycles. The van der Waals surface area contributed by atoms with Crippen LogP contribution in [0, 0.1) is 0 Å². The van der Waals surface area contributed by atoms with Gasteiger partial charge in [-0.2, -0.15) is 0 Å². The summed E-state index contributed by atoms with van der Waals surface area (Å²) >= 11 is 0. The van der Waals surface area contributed by atoms with Crippen molar-refractivity contribution < 1.29 is 19.4 Å². The van der Waals surface area contributed by atoms with Gasteiger partial charge in [-0.3, -0.25) is 4.79 Å². The smallest absolute Gasteiger partial charge is 0.307 e. The molecule has 2 aromatic rings. The molecule has 21 heavy (non-hydrogen) atoms. The van der Waals surface area contributed by atoms with E-state index in [1.165, 1.54) is 0 Å². The maximum atomic E-state index is 10.7. The summed E-state index contributed by atoms with van der Waals surface area (Å²) in [5.41, 5.74) is 1.90. The van der Waals surface area contributed by atoms with E-state index in [1.807, 2.05) is 30.3 Å². The van der Waals surface area contributed by atoms with Crippen LogP contribution < -0.4 is 9.47 Å². The number of hydrogen-bond donors (Lipinski definition) is 1. The van der Waals surface area contributed by atoms with Gasteiger partial charge in [0.2, 0.25) is 0 Å². The summed E-state index contributed by atoms with van der Waals surface area (Å²) in [4.78, 5) is 10.7. The standard InChI is InChI=1S/C17H18O4/c1-20-15-7-5-13(6-8-15)9-10-21-16-4-2-3-14(11-16)12-17(18)19/h2-8,11H,9-10,12H2,1H3,(H,18,19). The van der Waals surface area contributed by atoms with Crippen molar-refractivity contribution in [3.05, 3.63) is 59.7 Å². The third kappa shape index (κ3) is 4.84. The van der Waals surface area contributed by atoms with Gasteiger partial charge in [-0.05, 0) is 35.4 Å². The number of hydrogen-bond acceptors (Lipinski definition) is 3. The van der Waals surface area contributed by atoms with Crippen LogP contribution in [0.25, 0.3) is 0 Å². The first-order valence-electron chi connectivity index (χ1n) is 6.74. The highest BCUT2D eigenvalue weighted by Gasteiger charge is 2.02. The molecular formula is C17H18O4. The second-order valence-corrected chi connectivity index (χ2v) is 4.66. The fraction of sp³-hybridized carbons (Fsp3) is 0.235. The topological polar surface area (TPSA) is 55.8 Å². The van der Waals surface area contributed by atoms with Crippen LogP contribution in [-0.2, 0) is 17.6 Å². The normalized spacial score (nSPS) is 10.1. The van der Waals surface area contributed by atoms with Crippen molar-refractivity contribution in [3.63, 3.8) is 0 Å². The van der Waals surface area contributed by atoms with Gasteiger partial charge in [-0.15, -0.1) is 0 Å². The zero-order chi connectivity index (χ0) is 15.1. The molecule has 0 radical (unpaired) electrons. The van der Waals surface area contributed by atoms with Crippen molar-refractivity contribution in [1.82, 2.24) is 0 Å². The Morgan fingerprint density at radius 2 is 1.81 bits per heavy atom. The number of methoxy groups -OCH3 is 1. The number of ether oxygens (including phenoxy) is 2. The maximum absolute atomic E-state index is 10.7. The monoisotopic (exact) mass is 286 g/mol. The number of carboxylic acid groups (broad SMARTS) is 1. The molecule has 0 amide bonds. The van der Waals surface area contributed by atoms with Crippen molar-refractivity contribution in [2.75, 3.05) is 13.7 Å². The first kappa shape index (κ1) is 14.9. The van der Waals surface area contributed by atoms with Gasteiger partial charge in [0.05, 0.1) is 20.1 Å². The third-order valence-electron chi connectivity index (χ3n) is 3.07. The first-order chi connectivity index (χ1) is 10.2. The van der Waals surface area contributed by atoms with Crippen LogP contribution in [-0.4, -0.2) is 24.8 Å². The van der Waals surface area contributed by atoms with E-state index in [-0.39, 0.29) is 6.42 Å². The van der Waals surface area contributed by atoms with Crippen molar-refractivity contribution >= 4 is 5.97 Å². The highest BCUT2D eigenvalue weighted by molar-refractivity contribution is 5.70. The fourth-order valence-electron chi connectivity index (χ4n) is 2.00. The van der Waals surface area contributed by atoms with Crippen molar-refractivity contribution in [3.8, 4) is 11.5 Å². The summed E-state index contributed by atoms with van der Waals surface area (Å²) in [5.74, 6) is 0.689. The summed E-state index contributed by atoms with van der Waals surface area (Å²) in [6.07, 6.45) is 0.794. The van der Waals surface area contributed by atoms with Crippen LogP contribution in [0.2, 0.25) is 0 Å². The SMILES string of the molecule is COc1ccc(CCOc2cccc(CC(=O)O)c2)cc1. The summed E-state index contributed by atoms with van der Waals surface area (Å²) < 4.78 is 10.8. The highest BCUT2D eigenvalue weighted by atomic mass is 16.5. The van der Waals surface area contributed by atoms with Crippen LogP contribution in [0.4, 0.5) is 0 Å². The van der Waals surface area contributed by atoms with Crippen LogP contribution in [0.1, 0.15) is 11.1 Å². The number of carbonyl (C=O) groups is 1. The molecule has 0 bridgehead atoms. The Balaban J connectivity index is 1.86. The molecule has 2 rings (SSSR count). The van der Waals surface area contributed by atoms with Crippen LogP contribution in [0.15, 0.2) is 48.5 Å².